The molecule has 322 valence electrons. The highest BCUT2D eigenvalue weighted by Crippen LogP contribution is 2.36. The number of fused-ring (bicyclic) bond motifs is 1. The molecule has 5 heterocycles. The molecule has 2 unspecified atom stereocenters. The van der Waals surface area contributed by atoms with Crippen LogP contribution in [0.3, 0.4) is 0 Å². The van der Waals surface area contributed by atoms with Crippen LogP contribution >= 0.6 is 0 Å². The molecule has 4 fully saturated rings. The Morgan fingerprint density at radius 2 is 1.69 bits per heavy atom. The summed E-state index contributed by atoms with van der Waals surface area (Å²) in [4.78, 5) is 45.0. The fourth-order valence-electron chi connectivity index (χ4n) is 9.68. The number of hydrogen-bond donors (Lipinski definition) is 5. The van der Waals surface area contributed by atoms with Gasteiger partial charge in [-0.15, -0.1) is 0 Å². The van der Waals surface area contributed by atoms with Crippen molar-refractivity contribution in [2.45, 2.75) is 69.2 Å². The molecule has 0 saturated carbocycles. The van der Waals surface area contributed by atoms with E-state index in [0.717, 1.165) is 53.6 Å². The number of phenolic OH excluding ortho intramolecular Hbond substituents is 1. The Morgan fingerprint density at radius 1 is 0.934 bits per heavy atom. The van der Waals surface area contributed by atoms with Gasteiger partial charge in [0.15, 0.2) is 0 Å². The Balaban J connectivity index is 0.843. The SMILES string of the molecule is Cc1cc(C(=O)N2CCC(F)(CN3CCC(n4ccc5cc(N6CCC(=O)NC6=O)ccc54)CC3)CC2)ccc1C1CC(F)CN(C(/C=C(\N)c2ccccc2O)=C(N)N)C1. The zero-order chi connectivity index (χ0) is 43.0. The van der Waals surface area contributed by atoms with Crippen molar-refractivity contribution in [3.05, 3.63) is 113 Å². The number of likely N-dealkylation sites (tertiary alicyclic amines) is 3. The van der Waals surface area contributed by atoms with Crippen LogP contribution in [0.2, 0.25) is 0 Å². The summed E-state index contributed by atoms with van der Waals surface area (Å²) in [5.74, 6) is -0.623. The number of carbonyl (C=O) groups excluding carboxylic acids is 3. The lowest BCUT2D eigenvalue weighted by Gasteiger charge is -2.41. The molecule has 0 aliphatic carbocycles. The van der Waals surface area contributed by atoms with Gasteiger partial charge in [-0.25, -0.2) is 13.6 Å². The Morgan fingerprint density at radius 3 is 2.39 bits per heavy atom. The monoisotopic (exact) mass is 835 g/mol. The first-order valence-corrected chi connectivity index (χ1v) is 21.2. The van der Waals surface area contributed by atoms with Gasteiger partial charge in [-0.05, 0) is 91.9 Å². The number of phenols is 1. The van der Waals surface area contributed by atoms with Crippen LogP contribution < -0.4 is 27.4 Å². The van der Waals surface area contributed by atoms with Crippen molar-refractivity contribution >= 4 is 40.1 Å². The summed E-state index contributed by atoms with van der Waals surface area (Å²) >= 11 is 0. The number of imide groups is 1. The maximum atomic E-state index is 16.4. The summed E-state index contributed by atoms with van der Waals surface area (Å²) in [5, 5.41) is 13.7. The summed E-state index contributed by atoms with van der Waals surface area (Å²) in [7, 11) is 0. The number of nitrogens with zero attached hydrogens (tertiary/aromatic N) is 5. The molecule has 15 heteroatoms. The molecule has 4 aromatic rings. The highest BCUT2D eigenvalue weighted by molar-refractivity contribution is 6.06. The third-order valence-electron chi connectivity index (χ3n) is 13.0. The maximum absolute atomic E-state index is 16.4. The highest BCUT2D eigenvalue weighted by Gasteiger charge is 2.39. The number of nitrogens with one attached hydrogen (secondary N) is 1. The van der Waals surface area contributed by atoms with Crippen molar-refractivity contribution in [1.82, 2.24) is 24.6 Å². The molecule has 4 saturated heterocycles. The summed E-state index contributed by atoms with van der Waals surface area (Å²) in [6.07, 6.45) is 5.34. The van der Waals surface area contributed by atoms with Crippen LogP contribution in [-0.2, 0) is 4.79 Å². The minimum Gasteiger partial charge on any atom is -0.507 e. The number of halogens is 2. The van der Waals surface area contributed by atoms with Gasteiger partial charge in [0.05, 0.1) is 5.70 Å². The molecule has 0 radical (unpaired) electrons. The van der Waals surface area contributed by atoms with E-state index in [-0.39, 0.29) is 66.8 Å². The van der Waals surface area contributed by atoms with E-state index in [4.69, 9.17) is 17.2 Å². The number of alkyl halides is 2. The van der Waals surface area contributed by atoms with Crippen LogP contribution in [-0.4, -0.2) is 106 Å². The molecular weight excluding hydrogens is 781 g/mol. The molecule has 0 bridgehead atoms. The van der Waals surface area contributed by atoms with Crippen molar-refractivity contribution in [3.63, 3.8) is 0 Å². The van der Waals surface area contributed by atoms with Crippen molar-refractivity contribution in [3.8, 4) is 5.75 Å². The number of urea groups is 1. The number of aryl methyl sites for hydroxylation is 1. The second kappa shape index (κ2) is 17.1. The Labute approximate surface area is 354 Å². The summed E-state index contributed by atoms with van der Waals surface area (Å²) in [6, 6.07) is 20.0. The van der Waals surface area contributed by atoms with E-state index in [1.807, 2.05) is 37.3 Å². The quantitative estimate of drug-likeness (QED) is 0.134. The second-order valence-electron chi connectivity index (χ2n) is 17.1. The molecule has 3 aromatic carbocycles. The van der Waals surface area contributed by atoms with E-state index in [1.165, 1.54) is 6.07 Å². The summed E-state index contributed by atoms with van der Waals surface area (Å²) in [5.41, 5.74) is 22.3. The van der Waals surface area contributed by atoms with Gasteiger partial charge in [0.25, 0.3) is 5.91 Å². The van der Waals surface area contributed by atoms with Crippen molar-refractivity contribution in [2.24, 2.45) is 17.2 Å². The molecule has 4 aliphatic heterocycles. The number of rotatable bonds is 9. The molecule has 4 amide bonds. The molecule has 2 atom stereocenters. The Hall–Kier alpha value is -6.09. The smallest absolute Gasteiger partial charge is 0.328 e. The van der Waals surface area contributed by atoms with E-state index in [1.54, 1.807) is 45.0 Å². The molecule has 0 spiro atoms. The van der Waals surface area contributed by atoms with E-state index in [9.17, 15) is 19.5 Å². The zero-order valence-corrected chi connectivity index (χ0v) is 34.5. The average Bonchev–Trinajstić information content (AvgIpc) is 3.66. The van der Waals surface area contributed by atoms with Gasteiger partial charge >= 0.3 is 6.03 Å². The van der Waals surface area contributed by atoms with Gasteiger partial charge in [-0.1, -0.05) is 18.2 Å². The van der Waals surface area contributed by atoms with E-state index in [0.29, 0.717) is 56.0 Å². The standard InChI is InChI=1S/C46H55F2N9O4/c1-29-22-31(6-8-36(29)32-23-33(47)27-55(26-32)40(43(50)51)25-38(49)37-4-2-3-5-41(37)58)44(60)54-20-14-46(48,15-21-54)28-53-16-11-34(12-17-53)56-18-10-30-24-35(7-9-39(30)56)57-19-13-42(59)52-45(57)61/h2-10,18,22,24-25,32-34,58H,11-17,19-21,23,26-28,49-51H2,1H3,(H,52,59,61)/b38-25-. The Bertz CT molecular complexity index is 2380. The highest BCUT2D eigenvalue weighted by atomic mass is 19.1. The van der Waals surface area contributed by atoms with Crippen LogP contribution in [0.15, 0.2) is 90.5 Å². The fourth-order valence-corrected chi connectivity index (χ4v) is 9.68. The van der Waals surface area contributed by atoms with Gasteiger partial charge in [-0.3, -0.25) is 19.8 Å². The molecule has 13 nitrogen and oxygen atoms in total. The van der Waals surface area contributed by atoms with Crippen LogP contribution in [0.5, 0.6) is 5.75 Å². The summed E-state index contributed by atoms with van der Waals surface area (Å²) in [6.45, 7) is 5.31. The summed E-state index contributed by atoms with van der Waals surface area (Å²) < 4.78 is 34.0. The van der Waals surface area contributed by atoms with Gasteiger partial charge in [0, 0.05) is 123 Å². The normalized spacial score (nSPS) is 21.8. The molecule has 61 heavy (non-hydrogen) atoms. The van der Waals surface area contributed by atoms with Gasteiger partial charge in [-0.2, -0.15) is 0 Å². The van der Waals surface area contributed by atoms with E-state index >= 15 is 8.78 Å². The number of para-hydroxylation sites is 1. The van der Waals surface area contributed by atoms with Crippen LogP contribution in [0.1, 0.15) is 77.5 Å². The lowest BCUT2D eigenvalue weighted by atomic mass is 9.86. The molecule has 1 aromatic heterocycles. The molecule has 8 rings (SSSR count). The second-order valence-corrected chi connectivity index (χ2v) is 17.1. The van der Waals surface area contributed by atoms with E-state index < -0.39 is 17.9 Å². The van der Waals surface area contributed by atoms with Crippen molar-refractivity contribution in [1.29, 1.82) is 0 Å². The third kappa shape index (κ3) is 8.88. The zero-order valence-electron chi connectivity index (χ0n) is 34.5. The number of anilines is 1. The van der Waals surface area contributed by atoms with Crippen LogP contribution in [0.4, 0.5) is 19.3 Å². The van der Waals surface area contributed by atoms with Crippen molar-refractivity contribution in [2.75, 3.05) is 57.3 Å². The molecular formula is C46H55F2N9O4. The first kappa shape index (κ1) is 41.6. The van der Waals surface area contributed by atoms with Gasteiger partial charge in [0.1, 0.15) is 23.4 Å². The predicted octanol–water partition coefficient (Wildman–Crippen LogP) is 5.60. The first-order chi connectivity index (χ1) is 29.2. The minimum absolute atomic E-state index is 0.00569. The van der Waals surface area contributed by atoms with Crippen molar-refractivity contribution < 1.29 is 28.3 Å². The van der Waals surface area contributed by atoms with Crippen LogP contribution in [0.25, 0.3) is 16.6 Å². The Kier molecular flexibility index (Phi) is 11.7. The molecule has 8 N–H and O–H groups in total. The maximum Gasteiger partial charge on any atom is 0.328 e. The number of carbonyl (C=O) groups is 3. The topological polar surface area (TPSA) is 179 Å². The minimum atomic E-state index is -1.39. The number of aromatic nitrogens is 1. The number of aromatic hydroxyl groups is 1. The number of allylic oxidation sites excluding steroid dienone is 1. The lowest BCUT2D eigenvalue weighted by Crippen LogP contribution is -2.51. The predicted molar refractivity (Wildman–Crippen MR) is 232 cm³/mol. The van der Waals surface area contributed by atoms with Crippen LogP contribution in [0, 0.1) is 6.92 Å². The van der Waals surface area contributed by atoms with Gasteiger partial charge < -0.3 is 41.6 Å². The number of piperidine rings is 3. The number of amides is 4. The fraction of sp³-hybridized carbons (Fsp3) is 0.413. The number of nitrogens with two attached hydrogens (primary N) is 3. The van der Waals surface area contributed by atoms with Gasteiger partial charge in [0.2, 0.25) is 5.91 Å². The first-order valence-electron chi connectivity index (χ1n) is 21.2. The lowest BCUT2D eigenvalue weighted by molar-refractivity contribution is -0.120. The van der Waals surface area contributed by atoms with E-state index in [2.05, 4.69) is 27.0 Å². The average molecular weight is 836 g/mol. The number of benzene rings is 3. The third-order valence-corrected chi connectivity index (χ3v) is 13.0. The number of hydrogen-bond acceptors (Lipinski definition) is 9. The largest absolute Gasteiger partial charge is 0.507 e. The molecule has 4 aliphatic rings.